The summed E-state index contributed by atoms with van der Waals surface area (Å²) in [6, 6.07) is 0.429. The average molecular weight is 359 g/mol. The fourth-order valence-electron chi connectivity index (χ4n) is 4.30. The summed E-state index contributed by atoms with van der Waals surface area (Å²) >= 11 is 0. The number of amides is 2. The number of ether oxygens (including phenoxy) is 1. The molecule has 7 nitrogen and oxygen atoms in total. The quantitative estimate of drug-likeness (QED) is 0.895. The van der Waals surface area contributed by atoms with Crippen molar-refractivity contribution in [2.75, 3.05) is 31.1 Å². The van der Waals surface area contributed by atoms with Crippen LogP contribution < -0.4 is 15.0 Å². The molecule has 0 radical (unpaired) electrons. The van der Waals surface area contributed by atoms with Gasteiger partial charge in [0.2, 0.25) is 5.88 Å². The smallest absolute Gasteiger partial charge is 0.317 e. The molecule has 2 amide bonds. The first-order chi connectivity index (χ1) is 12.8. The van der Waals surface area contributed by atoms with E-state index < -0.39 is 0 Å². The average Bonchev–Trinajstić information content (AvgIpc) is 2.70. The molecule has 3 fully saturated rings. The van der Waals surface area contributed by atoms with Crippen molar-refractivity contribution in [3.8, 4) is 5.88 Å². The first-order valence-electron chi connectivity index (χ1n) is 10.1. The fraction of sp³-hybridized carbons (Fsp3) is 0.737. The van der Waals surface area contributed by atoms with Gasteiger partial charge in [-0.15, -0.1) is 0 Å². The Bertz CT molecular complexity index is 612. The van der Waals surface area contributed by atoms with Crippen LogP contribution in [0.3, 0.4) is 0 Å². The lowest BCUT2D eigenvalue weighted by Crippen LogP contribution is -2.54. The highest BCUT2D eigenvalue weighted by atomic mass is 16.5. The number of rotatable bonds is 4. The van der Waals surface area contributed by atoms with Gasteiger partial charge in [-0.1, -0.05) is 6.42 Å². The van der Waals surface area contributed by atoms with Gasteiger partial charge in [0.1, 0.15) is 6.10 Å². The number of carbonyl (C=O) groups is 1. The van der Waals surface area contributed by atoms with Gasteiger partial charge >= 0.3 is 6.03 Å². The highest BCUT2D eigenvalue weighted by Gasteiger charge is 2.30. The van der Waals surface area contributed by atoms with E-state index in [-0.39, 0.29) is 12.1 Å². The second-order valence-corrected chi connectivity index (χ2v) is 7.59. The minimum absolute atomic E-state index is 0.0948. The fourth-order valence-corrected chi connectivity index (χ4v) is 4.30. The van der Waals surface area contributed by atoms with Crippen LogP contribution in [0.5, 0.6) is 5.88 Å². The lowest BCUT2D eigenvalue weighted by molar-refractivity contribution is 0.147. The van der Waals surface area contributed by atoms with E-state index in [1.54, 1.807) is 6.20 Å². The van der Waals surface area contributed by atoms with Crippen LogP contribution >= 0.6 is 0 Å². The third-order valence-electron chi connectivity index (χ3n) is 5.78. The molecule has 2 saturated heterocycles. The number of hydrogen-bond donors (Lipinski definition) is 1. The largest absolute Gasteiger partial charge is 0.473 e. The molecule has 0 spiro atoms. The third kappa shape index (κ3) is 4.02. The maximum absolute atomic E-state index is 12.0. The minimum atomic E-state index is 0.0948. The van der Waals surface area contributed by atoms with E-state index >= 15 is 0 Å². The number of urea groups is 1. The van der Waals surface area contributed by atoms with E-state index in [1.165, 1.54) is 19.3 Å². The molecule has 3 aliphatic rings. The maximum atomic E-state index is 12.0. The van der Waals surface area contributed by atoms with Crippen LogP contribution in [0.15, 0.2) is 12.4 Å². The van der Waals surface area contributed by atoms with Crippen LogP contribution in [-0.4, -0.2) is 59.2 Å². The van der Waals surface area contributed by atoms with Gasteiger partial charge in [-0.25, -0.2) is 4.79 Å². The van der Waals surface area contributed by atoms with E-state index in [1.807, 2.05) is 11.1 Å². The number of nitrogens with one attached hydrogen (secondary N) is 1. The van der Waals surface area contributed by atoms with Gasteiger partial charge in [0.05, 0.1) is 12.4 Å². The molecule has 7 heteroatoms. The summed E-state index contributed by atoms with van der Waals surface area (Å²) in [7, 11) is 0. The van der Waals surface area contributed by atoms with Crippen molar-refractivity contribution in [2.24, 2.45) is 0 Å². The van der Waals surface area contributed by atoms with Gasteiger partial charge in [-0.2, -0.15) is 4.98 Å². The molecular formula is C19H29N5O2. The Kier molecular flexibility index (Phi) is 5.41. The molecule has 1 aliphatic carbocycles. The molecule has 1 N–H and O–H groups in total. The number of nitrogens with zero attached hydrogens (tertiary/aromatic N) is 4. The molecule has 0 aromatic carbocycles. The van der Waals surface area contributed by atoms with Crippen molar-refractivity contribution in [3.05, 3.63) is 12.4 Å². The molecule has 1 aromatic heterocycles. The Balaban J connectivity index is 1.33. The van der Waals surface area contributed by atoms with E-state index in [0.29, 0.717) is 11.9 Å². The van der Waals surface area contributed by atoms with Crippen LogP contribution in [0.1, 0.15) is 51.4 Å². The zero-order valence-corrected chi connectivity index (χ0v) is 15.4. The SMILES string of the molecule is O=C1NCCCN1C1CCN(c2cncc(OC3CCCCC3)n2)CC1. The number of aromatic nitrogens is 2. The molecule has 0 atom stereocenters. The van der Waals surface area contributed by atoms with Crippen LogP contribution in [0, 0.1) is 0 Å². The summed E-state index contributed by atoms with van der Waals surface area (Å²) in [6.07, 6.45) is 12.9. The molecule has 0 unspecified atom stereocenters. The predicted molar refractivity (Wildman–Crippen MR) is 99.5 cm³/mol. The van der Waals surface area contributed by atoms with Crippen molar-refractivity contribution in [1.82, 2.24) is 20.2 Å². The van der Waals surface area contributed by atoms with Gasteiger partial charge in [0.25, 0.3) is 0 Å². The summed E-state index contributed by atoms with van der Waals surface area (Å²) in [4.78, 5) is 25.3. The van der Waals surface area contributed by atoms with Gasteiger partial charge in [-0.3, -0.25) is 4.98 Å². The van der Waals surface area contributed by atoms with Gasteiger partial charge < -0.3 is 19.9 Å². The highest BCUT2D eigenvalue weighted by Crippen LogP contribution is 2.25. The Labute approximate surface area is 155 Å². The zero-order valence-electron chi connectivity index (χ0n) is 15.4. The Hall–Kier alpha value is -2.05. The summed E-state index contributed by atoms with van der Waals surface area (Å²) in [5.41, 5.74) is 0. The summed E-state index contributed by atoms with van der Waals surface area (Å²) in [5, 5.41) is 2.95. The van der Waals surface area contributed by atoms with Crippen LogP contribution in [0.4, 0.5) is 10.6 Å². The molecule has 142 valence electrons. The molecule has 1 saturated carbocycles. The van der Waals surface area contributed by atoms with Crippen molar-refractivity contribution < 1.29 is 9.53 Å². The number of piperidine rings is 1. The first kappa shape index (κ1) is 17.4. The Morgan fingerprint density at radius 3 is 2.58 bits per heavy atom. The zero-order chi connectivity index (χ0) is 17.8. The standard InChI is InChI=1S/C19H29N5O2/c25-19-21-9-4-10-24(19)15-7-11-23(12-8-15)17-13-20-14-18(22-17)26-16-5-2-1-3-6-16/h13-16H,1-12H2,(H,21,25). The van der Waals surface area contributed by atoms with E-state index in [0.717, 1.165) is 64.1 Å². The predicted octanol–water partition coefficient (Wildman–Crippen LogP) is 2.57. The van der Waals surface area contributed by atoms with Gasteiger partial charge in [0.15, 0.2) is 5.82 Å². The van der Waals surface area contributed by atoms with Crippen LogP contribution in [0.25, 0.3) is 0 Å². The molecule has 2 aliphatic heterocycles. The lowest BCUT2D eigenvalue weighted by Gasteiger charge is -2.40. The van der Waals surface area contributed by atoms with Crippen LogP contribution in [0.2, 0.25) is 0 Å². The van der Waals surface area contributed by atoms with Gasteiger partial charge in [-0.05, 0) is 44.9 Å². The lowest BCUT2D eigenvalue weighted by atomic mass is 9.98. The molecule has 3 heterocycles. The monoisotopic (exact) mass is 359 g/mol. The summed E-state index contributed by atoms with van der Waals surface area (Å²) < 4.78 is 6.06. The topological polar surface area (TPSA) is 70.6 Å². The van der Waals surface area contributed by atoms with Crippen molar-refractivity contribution in [2.45, 2.75) is 63.5 Å². The Morgan fingerprint density at radius 2 is 1.81 bits per heavy atom. The highest BCUT2D eigenvalue weighted by molar-refractivity contribution is 5.75. The minimum Gasteiger partial charge on any atom is -0.473 e. The van der Waals surface area contributed by atoms with Crippen molar-refractivity contribution in [3.63, 3.8) is 0 Å². The molecular weight excluding hydrogens is 330 g/mol. The molecule has 0 bridgehead atoms. The maximum Gasteiger partial charge on any atom is 0.317 e. The van der Waals surface area contributed by atoms with Crippen molar-refractivity contribution >= 4 is 11.8 Å². The van der Waals surface area contributed by atoms with E-state index in [4.69, 9.17) is 9.72 Å². The van der Waals surface area contributed by atoms with Crippen LogP contribution in [-0.2, 0) is 0 Å². The summed E-state index contributed by atoms with van der Waals surface area (Å²) in [6.45, 7) is 3.48. The second-order valence-electron chi connectivity index (χ2n) is 7.59. The summed E-state index contributed by atoms with van der Waals surface area (Å²) in [5.74, 6) is 1.53. The third-order valence-corrected chi connectivity index (χ3v) is 5.78. The number of anilines is 1. The van der Waals surface area contributed by atoms with E-state index in [9.17, 15) is 4.79 Å². The number of carbonyl (C=O) groups excluding carboxylic acids is 1. The van der Waals surface area contributed by atoms with Crippen molar-refractivity contribution in [1.29, 1.82) is 0 Å². The normalized spacial score (nSPS) is 23.0. The van der Waals surface area contributed by atoms with E-state index in [2.05, 4.69) is 15.2 Å². The number of hydrogen-bond acceptors (Lipinski definition) is 5. The van der Waals surface area contributed by atoms with Gasteiger partial charge in [0, 0.05) is 32.2 Å². The second kappa shape index (κ2) is 8.10. The molecule has 26 heavy (non-hydrogen) atoms. The molecule has 4 rings (SSSR count). The Morgan fingerprint density at radius 1 is 1.00 bits per heavy atom. The molecule has 1 aromatic rings. The first-order valence-corrected chi connectivity index (χ1v) is 10.1.